The first-order chi connectivity index (χ1) is 10.2. The summed E-state index contributed by atoms with van der Waals surface area (Å²) >= 11 is 1.31. The van der Waals surface area contributed by atoms with Crippen molar-refractivity contribution in [1.82, 2.24) is 15.1 Å². The van der Waals surface area contributed by atoms with Gasteiger partial charge in [0, 0.05) is 24.8 Å². The van der Waals surface area contributed by atoms with Gasteiger partial charge in [0.1, 0.15) is 0 Å². The molecule has 7 nitrogen and oxygen atoms in total. The van der Waals surface area contributed by atoms with Crippen molar-refractivity contribution in [3.63, 3.8) is 0 Å². The fourth-order valence-electron chi connectivity index (χ4n) is 1.92. The number of rotatable bonds is 6. The van der Waals surface area contributed by atoms with Crippen LogP contribution in [0.2, 0.25) is 0 Å². The van der Waals surface area contributed by atoms with E-state index in [1.165, 1.54) is 11.8 Å². The molecule has 0 aliphatic carbocycles. The quantitative estimate of drug-likeness (QED) is 0.799. The zero-order chi connectivity index (χ0) is 15.1. The SMILES string of the molecule is CCc1cc(NC(=O)CSCC(=O)N2CCOCC2)n[nH]1. The smallest absolute Gasteiger partial charge is 0.235 e. The number of aromatic amines is 1. The molecule has 0 atom stereocenters. The van der Waals surface area contributed by atoms with Crippen molar-refractivity contribution in [3.05, 3.63) is 11.8 Å². The van der Waals surface area contributed by atoms with Crippen LogP contribution in [0.4, 0.5) is 5.82 Å². The van der Waals surface area contributed by atoms with Gasteiger partial charge >= 0.3 is 0 Å². The molecule has 1 aliphatic rings. The number of thioether (sulfide) groups is 1. The van der Waals surface area contributed by atoms with E-state index in [1.54, 1.807) is 11.0 Å². The monoisotopic (exact) mass is 312 g/mol. The molecule has 0 unspecified atom stereocenters. The van der Waals surface area contributed by atoms with E-state index < -0.39 is 0 Å². The number of carbonyl (C=O) groups excluding carboxylic acids is 2. The van der Waals surface area contributed by atoms with Crippen molar-refractivity contribution < 1.29 is 14.3 Å². The molecule has 21 heavy (non-hydrogen) atoms. The summed E-state index contributed by atoms with van der Waals surface area (Å²) in [6.45, 7) is 4.47. The van der Waals surface area contributed by atoms with Gasteiger partial charge in [0.15, 0.2) is 5.82 Å². The van der Waals surface area contributed by atoms with Crippen molar-refractivity contribution >= 4 is 29.4 Å². The summed E-state index contributed by atoms with van der Waals surface area (Å²) in [4.78, 5) is 25.4. The largest absolute Gasteiger partial charge is 0.378 e. The van der Waals surface area contributed by atoms with Gasteiger partial charge in [-0.15, -0.1) is 11.8 Å². The Morgan fingerprint density at radius 1 is 1.43 bits per heavy atom. The van der Waals surface area contributed by atoms with Gasteiger partial charge in [-0.25, -0.2) is 0 Å². The molecule has 116 valence electrons. The normalized spacial score (nSPS) is 15.0. The predicted molar refractivity (Wildman–Crippen MR) is 81.3 cm³/mol. The van der Waals surface area contributed by atoms with Crippen molar-refractivity contribution in [1.29, 1.82) is 0 Å². The molecule has 0 saturated carbocycles. The second-order valence-electron chi connectivity index (χ2n) is 4.67. The summed E-state index contributed by atoms with van der Waals surface area (Å²) < 4.78 is 5.20. The molecule has 2 heterocycles. The van der Waals surface area contributed by atoms with Crippen LogP contribution in [-0.2, 0) is 20.7 Å². The average Bonchev–Trinajstić information content (AvgIpc) is 2.95. The minimum atomic E-state index is -0.149. The molecule has 2 N–H and O–H groups in total. The summed E-state index contributed by atoms with van der Waals surface area (Å²) in [5.74, 6) is 0.989. The first-order valence-corrected chi connectivity index (χ1v) is 8.12. The number of ether oxygens (including phenoxy) is 1. The standard InChI is InChI=1S/C13H20N4O3S/c1-2-10-7-11(16-15-10)14-12(18)8-21-9-13(19)17-3-5-20-6-4-17/h7H,2-6,8-9H2,1H3,(H2,14,15,16,18). The highest BCUT2D eigenvalue weighted by atomic mass is 32.2. The Kier molecular flexibility index (Phi) is 6.06. The number of nitrogens with zero attached hydrogens (tertiary/aromatic N) is 2. The van der Waals surface area contributed by atoms with E-state index in [9.17, 15) is 9.59 Å². The highest BCUT2D eigenvalue weighted by Gasteiger charge is 2.17. The molecule has 0 radical (unpaired) electrons. The van der Waals surface area contributed by atoms with Crippen LogP contribution in [0.5, 0.6) is 0 Å². The summed E-state index contributed by atoms with van der Waals surface area (Å²) in [5.41, 5.74) is 0.973. The van der Waals surface area contributed by atoms with Crippen LogP contribution < -0.4 is 5.32 Å². The van der Waals surface area contributed by atoms with Crippen molar-refractivity contribution in [2.45, 2.75) is 13.3 Å². The second-order valence-corrected chi connectivity index (χ2v) is 5.65. The number of hydrogen-bond donors (Lipinski definition) is 2. The van der Waals surface area contributed by atoms with Gasteiger partial charge in [-0.2, -0.15) is 5.10 Å². The Labute approximate surface area is 127 Å². The van der Waals surface area contributed by atoms with Crippen LogP contribution in [0.3, 0.4) is 0 Å². The number of H-pyrrole nitrogens is 1. The number of carbonyl (C=O) groups is 2. The topological polar surface area (TPSA) is 87.3 Å². The zero-order valence-corrected chi connectivity index (χ0v) is 12.9. The fourth-order valence-corrected chi connectivity index (χ4v) is 2.64. The molecule has 0 spiro atoms. The Hall–Kier alpha value is -1.54. The highest BCUT2D eigenvalue weighted by Crippen LogP contribution is 2.08. The number of morpholine rings is 1. The van der Waals surface area contributed by atoms with E-state index in [1.807, 2.05) is 6.92 Å². The third-order valence-corrected chi connectivity index (χ3v) is 4.02. The fraction of sp³-hybridized carbons (Fsp3) is 0.615. The molecule has 0 bridgehead atoms. The molecular weight excluding hydrogens is 292 g/mol. The molecule has 1 aliphatic heterocycles. The number of aryl methyl sites for hydroxylation is 1. The minimum Gasteiger partial charge on any atom is -0.378 e. The number of aromatic nitrogens is 2. The molecule has 2 rings (SSSR count). The van der Waals surface area contributed by atoms with E-state index in [4.69, 9.17) is 4.74 Å². The Bertz CT molecular complexity index is 486. The van der Waals surface area contributed by atoms with Gasteiger partial charge < -0.3 is 15.0 Å². The van der Waals surface area contributed by atoms with Gasteiger partial charge in [-0.1, -0.05) is 6.92 Å². The number of nitrogens with one attached hydrogen (secondary N) is 2. The van der Waals surface area contributed by atoms with E-state index >= 15 is 0 Å². The second kappa shape index (κ2) is 8.04. The maximum atomic E-state index is 11.9. The van der Waals surface area contributed by atoms with Crippen LogP contribution in [-0.4, -0.2) is 64.7 Å². The molecule has 8 heteroatoms. The van der Waals surface area contributed by atoms with Crippen LogP contribution in [0.15, 0.2) is 6.07 Å². The first kappa shape index (κ1) is 15.8. The molecule has 2 amide bonds. The maximum absolute atomic E-state index is 11.9. The van der Waals surface area contributed by atoms with Crippen molar-refractivity contribution in [3.8, 4) is 0 Å². The summed E-state index contributed by atoms with van der Waals surface area (Å²) in [6, 6.07) is 1.81. The lowest BCUT2D eigenvalue weighted by molar-refractivity contribution is -0.132. The van der Waals surface area contributed by atoms with E-state index in [2.05, 4.69) is 15.5 Å². The summed E-state index contributed by atoms with van der Waals surface area (Å²) in [5, 5.41) is 9.53. The molecule has 1 fully saturated rings. The van der Waals surface area contributed by atoms with Crippen LogP contribution in [0.25, 0.3) is 0 Å². The molecule has 1 aromatic heterocycles. The van der Waals surface area contributed by atoms with E-state index in [-0.39, 0.29) is 17.6 Å². The average molecular weight is 312 g/mol. The molecule has 0 aromatic carbocycles. The van der Waals surface area contributed by atoms with Crippen LogP contribution in [0, 0.1) is 0 Å². The molecule has 1 aromatic rings. The van der Waals surface area contributed by atoms with Gasteiger partial charge in [0.05, 0.1) is 24.7 Å². The highest BCUT2D eigenvalue weighted by molar-refractivity contribution is 8.00. The Morgan fingerprint density at radius 2 is 2.19 bits per heavy atom. The summed E-state index contributed by atoms with van der Waals surface area (Å²) in [6.07, 6.45) is 0.839. The summed E-state index contributed by atoms with van der Waals surface area (Å²) in [7, 11) is 0. The third-order valence-electron chi connectivity index (χ3n) is 3.10. The van der Waals surface area contributed by atoms with Gasteiger partial charge in [0.2, 0.25) is 11.8 Å². The van der Waals surface area contributed by atoms with Gasteiger partial charge in [0.25, 0.3) is 0 Å². The first-order valence-electron chi connectivity index (χ1n) is 6.96. The maximum Gasteiger partial charge on any atom is 0.235 e. The molecular formula is C13H20N4O3S. The van der Waals surface area contributed by atoms with Gasteiger partial charge in [-0.05, 0) is 6.42 Å². The number of hydrogen-bond acceptors (Lipinski definition) is 5. The van der Waals surface area contributed by atoms with Crippen molar-refractivity contribution in [2.75, 3.05) is 43.1 Å². The Morgan fingerprint density at radius 3 is 2.86 bits per heavy atom. The molecule has 1 saturated heterocycles. The number of amides is 2. The number of anilines is 1. The lowest BCUT2D eigenvalue weighted by Gasteiger charge is -2.26. The van der Waals surface area contributed by atoms with Crippen molar-refractivity contribution in [2.24, 2.45) is 0 Å². The Balaban J connectivity index is 1.65. The van der Waals surface area contributed by atoms with Crippen LogP contribution >= 0.6 is 11.8 Å². The third kappa shape index (κ3) is 5.05. The van der Waals surface area contributed by atoms with E-state index in [0.717, 1.165) is 12.1 Å². The lowest BCUT2D eigenvalue weighted by Crippen LogP contribution is -2.41. The minimum absolute atomic E-state index is 0.0594. The predicted octanol–water partition coefficient (Wildman–Crippen LogP) is 0.503. The lowest BCUT2D eigenvalue weighted by atomic mass is 10.3. The zero-order valence-electron chi connectivity index (χ0n) is 12.1. The van der Waals surface area contributed by atoms with Gasteiger partial charge in [-0.3, -0.25) is 14.7 Å². The van der Waals surface area contributed by atoms with Crippen LogP contribution in [0.1, 0.15) is 12.6 Å². The van der Waals surface area contributed by atoms with E-state index in [0.29, 0.717) is 37.9 Å².